The summed E-state index contributed by atoms with van der Waals surface area (Å²) in [6.07, 6.45) is 4.23. The molecule has 1 aliphatic heterocycles. The lowest BCUT2D eigenvalue weighted by molar-refractivity contribution is 0.443. The average Bonchev–Trinajstić information content (AvgIpc) is 2.92. The van der Waals surface area contributed by atoms with Gasteiger partial charge in [0.2, 0.25) is 0 Å². The summed E-state index contributed by atoms with van der Waals surface area (Å²) >= 11 is 18.6. The summed E-state index contributed by atoms with van der Waals surface area (Å²) in [5, 5.41) is 15.1. The van der Waals surface area contributed by atoms with Gasteiger partial charge in [0.1, 0.15) is 9.78 Å². The second-order valence-electron chi connectivity index (χ2n) is 5.68. The van der Waals surface area contributed by atoms with E-state index in [0.29, 0.717) is 15.1 Å². The maximum absolute atomic E-state index is 8.74. The minimum Gasteiger partial charge on any atom is -0.259 e. The highest BCUT2D eigenvalue weighted by Gasteiger charge is 2.39. The number of thiocyanates is 1. The Labute approximate surface area is 183 Å². The quantitative estimate of drug-likeness (QED) is 0.168. The molecule has 0 aromatic heterocycles. The zero-order chi connectivity index (χ0) is 19.0. The van der Waals surface area contributed by atoms with Gasteiger partial charge >= 0.3 is 0 Å². The van der Waals surface area contributed by atoms with E-state index in [-0.39, 0.29) is 5.54 Å². The van der Waals surface area contributed by atoms with E-state index in [4.69, 9.17) is 33.5 Å². The second-order valence-corrected chi connectivity index (χ2v) is 10.8. The summed E-state index contributed by atoms with van der Waals surface area (Å²) in [6.45, 7) is 4.41. The molecule has 26 heavy (non-hydrogen) atoms. The summed E-state index contributed by atoms with van der Waals surface area (Å²) in [5.74, 6) is 0. The van der Waals surface area contributed by atoms with Crippen molar-refractivity contribution in [2.45, 2.75) is 50.0 Å². The van der Waals surface area contributed by atoms with Crippen LogP contribution >= 0.6 is 70.2 Å². The Morgan fingerprint density at radius 1 is 1.27 bits per heavy atom. The predicted molar refractivity (Wildman–Crippen MR) is 124 cm³/mol. The summed E-state index contributed by atoms with van der Waals surface area (Å²) in [4.78, 5) is 7.36. The van der Waals surface area contributed by atoms with Gasteiger partial charge in [0, 0.05) is 14.8 Å². The molecular formula is C18H20Cl2N2S4. The van der Waals surface area contributed by atoms with E-state index in [2.05, 4.69) is 24.7 Å². The number of thioether (sulfide) groups is 4. The summed E-state index contributed by atoms with van der Waals surface area (Å²) < 4.78 is 1.06. The summed E-state index contributed by atoms with van der Waals surface area (Å²) in [5.41, 5.74) is -0.139. The van der Waals surface area contributed by atoms with Crippen LogP contribution in [0.3, 0.4) is 0 Å². The van der Waals surface area contributed by atoms with Crippen molar-refractivity contribution in [2.75, 3.05) is 5.08 Å². The fourth-order valence-electron chi connectivity index (χ4n) is 2.74. The summed E-state index contributed by atoms with van der Waals surface area (Å²) in [6, 6.07) is 5.58. The number of rotatable bonds is 8. The first kappa shape index (κ1) is 22.4. The van der Waals surface area contributed by atoms with Crippen molar-refractivity contribution in [1.29, 1.82) is 5.26 Å². The Morgan fingerprint density at radius 2 is 2.00 bits per heavy atom. The van der Waals surface area contributed by atoms with Gasteiger partial charge in [0.05, 0.1) is 15.6 Å². The van der Waals surface area contributed by atoms with Gasteiger partial charge in [0.25, 0.3) is 0 Å². The molecular weight excluding hydrogens is 443 g/mol. The van der Waals surface area contributed by atoms with Gasteiger partial charge in [-0.05, 0) is 48.2 Å². The Balaban J connectivity index is 2.24. The number of halogens is 2. The molecule has 0 radical (unpaired) electrons. The molecule has 0 spiro atoms. The van der Waals surface area contributed by atoms with Crippen LogP contribution in [0.1, 0.15) is 39.5 Å². The first-order valence-corrected chi connectivity index (χ1v) is 12.7. The van der Waals surface area contributed by atoms with Crippen molar-refractivity contribution >= 4 is 74.6 Å². The number of aliphatic imine (C=N–C) groups is 1. The zero-order valence-corrected chi connectivity index (χ0v) is 19.4. The Morgan fingerprint density at radius 3 is 2.62 bits per heavy atom. The molecule has 2 rings (SSSR count). The molecule has 2 nitrogen and oxygen atoms in total. The summed E-state index contributed by atoms with van der Waals surface area (Å²) in [7, 11) is 0. The number of hydrogen-bond donors (Lipinski definition) is 0. The van der Waals surface area contributed by atoms with Crippen LogP contribution in [-0.4, -0.2) is 15.0 Å². The predicted octanol–water partition coefficient (Wildman–Crippen LogP) is 8.27. The van der Waals surface area contributed by atoms with Gasteiger partial charge in [-0.2, -0.15) is 5.26 Å². The molecule has 0 amide bonds. The smallest absolute Gasteiger partial charge is 0.134 e. The minimum absolute atomic E-state index is 0.139. The van der Waals surface area contributed by atoms with Crippen LogP contribution in [0.25, 0.3) is 0 Å². The molecule has 1 aromatic rings. The SMILES string of the molecule is CCCC1(CCC)N=C(SCSC#N)S/C1=C/Sc1ccc(Cl)cc1Cl. The van der Waals surface area contributed by atoms with E-state index in [9.17, 15) is 0 Å². The maximum atomic E-state index is 8.74. The van der Waals surface area contributed by atoms with E-state index < -0.39 is 0 Å². The van der Waals surface area contributed by atoms with Gasteiger partial charge in [-0.3, -0.25) is 4.99 Å². The van der Waals surface area contributed by atoms with Crippen LogP contribution in [0, 0.1) is 10.7 Å². The number of nitriles is 1. The van der Waals surface area contributed by atoms with Gasteiger partial charge in [-0.1, -0.05) is 85.2 Å². The molecule has 0 fully saturated rings. The molecule has 0 N–H and O–H groups in total. The minimum atomic E-state index is -0.139. The highest BCUT2D eigenvalue weighted by molar-refractivity contribution is 8.43. The highest BCUT2D eigenvalue weighted by Crippen LogP contribution is 2.50. The normalized spacial score (nSPS) is 17.3. The first-order valence-electron chi connectivity index (χ1n) is 8.28. The lowest BCUT2D eigenvalue weighted by Gasteiger charge is -2.26. The molecule has 1 aliphatic rings. The lowest BCUT2D eigenvalue weighted by atomic mass is 9.89. The molecule has 140 valence electrons. The van der Waals surface area contributed by atoms with Crippen LogP contribution in [0.4, 0.5) is 0 Å². The van der Waals surface area contributed by atoms with Crippen LogP contribution in [0.15, 0.2) is 38.4 Å². The number of nitrogens with zero attached hydrogens (tertiary/aromatic N) is 2. The Bertz CT molecular complexity index is 722. The fraction of sp³-hybridized carbons (Fsp3) is 0.444. The molecule has 0 saturated carbocycles. The largest absolute Gasteiger partial charge is 0.259 e. The molecule has 1 aromatic carbocycles. The molecule has 0 aliphatic carbocycles. The van der Waals surface area contributed by atoms with Crippen molar-refractivity contribution in [3.8, 4) is 5.40 Å². The third-order valence-electron chi connectivity index (χ3n) is 3.78. The standard InChI is InChI=1S/C18H20Cl2N2S4/c1-3-7-18(8-4-2)16(26-17(22-18)25-12-23-11-21)10-24-15-6-5-13(19)9-14(15)20/h5-6,9-10H,3-4,7-8,12H2,1-2H3/b16-10+. The van der Waals surface area contributed by atoms with E-state index in [1.165, 1.54) is 16.7 Å². The Kier molecular flexibility index (Phi) is 9.63. The maximum Gasteiger partial charge on any atom is 0.134 e. The van der Waals surface area contributed by atoms with Crippen molar-refractivity contribution in [3.05, 3.63) is 38.6 Å². The highest BCUT2D eigenvalue weighted by atomic mass is 35.5. The molecule has 0 saturated heterocycles. The van der Waals surface area contributed by atoms with Gasteiger partial charge in [0.15, 0.2) is 0 Å². The lowest BCUT2D eigenvalue weighted by Crippen LogP contribution is -2.24. The van der Waals surface area contributed by atoms with Crippen molar-refractivity contribution in [1.82, 2.24) is 0 Å². The average molecular weight is 464 g/mol. The second kappa shape index (κ2) is 11.2. The van der Waals surface area contributed by atoms with Crippen molar-refractivity contribution in [3.63, 3.8) is 0 Å². The third kappa shape index (κ3) is 6.05. The van der Waals surface area contributed by atoms with E-state index >= 15 is 0 Å². The molecule has 0 bridgehead atoms. The van der Waals surface area contributed by atoms with E-state index in [0.717, 1.165) is 35.0 Å². The monoisotopic (exact) mass is 462 g/mol. The van der Waals surface area contributed by atoms with Gasteiger partial charge < -0.3 is 0 Å². The third-order valence-corrected chi connectivity index (χ3v) is 8.55. The molecule has 8 heteroatoms. The first-order chi connectivity index (χ1) is 12.5. The van der Waals surface area contributed by atoms with Crippen LogP contribution in [0.5, 0.6) is 0 Å². The van der Waals surface area contributed by atoms with E-state index in [1.54, 1.807) is 41.4 Å². The Hall–Kier alpha value is 0.1000. The van der Waals surface area contributed by atoms with Crippen molar-refractivity contribution < 1.29 is 0 Å². The van der Waals surface area contributed by atoms with Gasteiger partial charge in [-0.15, -0.1) is 0 Å². The number of benzene rings is 1. The van der Waals surface area contributed by atoms with Crippen LogP contribution in [0.2, 0.25) is 10.0 Å². The molecule has 0 unspecified atom stereocenters. The van der Waals surface area contributed by atoms with Gasteiger partial charge in [-0.25, -0.2) is 0 Å². The molecule has 1 heterocycles. The van der Waals surface area contributed by atoms with Crippen LogP contribution < -0.4 is 0 Å². The van der Waals surface area contributed by atoms with Crippen molar-refractivity contribution in [2.24, 2.45) is 4.99 Å². The molecule has 0 atom stereocenters. The van der Waals surface area contributed by atoms with E-state index in [1.807, 2.05) is 12.1 Å². The zero-order valence-electron chi connectivity index (χ0n) is 14.6. The number of hydrogen-bond acceptors (Lipinski definition) is 6. The van der Waals surface area contributed by atoms with Crippen LogP contribution in [-0.2, 0) is 0 Å². The topological polar surface area (TPSA) is 36.1 Å². The fourth-order valence-corrected chi connectivity index (χ4v) is 7.27.